The summed E-state index contributed by atoms with van der Waals surface area (Å²) in [5.41, 5.74) is 1.34. The predicted molar refractivity (Wildman–Crippen MR) is 92.1 cm³/mol. The standard InChI is InChI=1S/C17H23N3O5/c1-23-11-16(21)18-13-2-3-14-15(10-13)25-12-17(22)20(14)5-4-19-6-8-24-9-7-19/h2-3,10H,4-9,11-12H2,1H3,(H,18,21). The lowest BCUT2D eigenvalue weighted by Gasteiger charge is -2.33. The SMILES string of the molecule is COCC(=O)Nc1ccc2c(c1)OCC(=O)N2CCN1CCOCC1. The highest BCUT2D eigenvalue weighted by Gasteiger charge is 2.26. The number of nitrogens with one attached hydrogen (secondary N) is 1. The normalized spacial score (nSPS) is 17.8. The summed E-state index contributed by atoms with van der Waals surface area (Å²) in [7, 11) is 1.47. The second kappa shape index (κ2) is 8.28. The van der Waals surface area contributed by atoms with Gasteiger partial charge in [-0.2, -0.15) is 0 Å². The molecule has 0 radical (unpaired) electrons. The molecule has 2 aliphatic rings. The zero-order valence-corrected chi connectivity index (χ0v) is 14.3. The van der Waals surface area contributed by atoms with Gasteiger partial charge in [0.15, 0.2) is 6.61 Å². The molecule has 1 aromatic rings. The van der Waals surface area contributed by atoms with E-state index in [1.54, 1.807) is 23.1 Å². The lowest BCUT2D eigenvalue weighted by atomic mass is 10.2. The lowest BCUT2D eigenvalue weighted by molar-refractivity contribution is -0.121. The Bertz CT molecular complexity index is 631. The highest BCUT2D eigenvalue weighted by molar-refractivity contribution is 5.99. The van der Waals surface area contributed by atoms with Crippen molar-refractivity contribution in [3.8, 4) is 5.75 Å². The van der Waals surface area contributed by atoms with Crippen LogP contribution in [0.2, 0.25) is 0 Å². The molecule has 3 rings (SSSR count). The first-order valence-corrected chi connectivity index (χ1v) is 8.33. The van der Waals surface area contributed by atoms with Gasteiger partial charge in [-0.3, -0.25) is 14.5 Å². The number of amides is 2. The Morgan fingerprint density at radius 3 is 2.84 bits per heavy atom. The Morgan fingerprint density at radius 1 is 1.28 bits per heavy atom. The number of benzene rings is 1. The Labute approximate surface area is 146 Å². The molecule has 2 amide bonds. The van der Waals surface area contributed by atoms with Crippen LogP contribution < -0.4 is 15.0 Å². The number of morpholine rings is 1. The Kier molecular flexibility index (Phi) is 5.85. The van der Waals surface area contributed by atoms with Crippen molar-refractivity contribution in [2.24, 2.45) is 0 Å². The van der Waals surface area contributed by atoms with E-state index in [4.69, 9.17) is 14.2 Å². The maximum absolute atomic E-state index is 12.2. The number of carbonyl (C=O) groups is 2. The molecular formula is C17H23N3O5. The molecule has 0 aliphatic carbocycles. The average molecular weight is 349 g/mol. The van der Waals surface area contributed by atoms with Crippen LogP contribution in [0.15, 0.2) is 18.2 Å². The van der Waals surface area contributed by atoms with Gasteiger partial charge < -0.3 is 24.4 Å². The summed E-state index contributed by atoms with van der Waals surface area (Å²) >= 11 is 0. The van der Waals surface area contributed by atoms with Crippen LogP contribution in [0.1, 0.15) is 0 Å². The van der Waals surface area contributed by atoms with Crippen molar-refractivity contribution >= 4 is 23.2 Å². The molecule has 0 aromatic heterocycles. The summed E-state index contributed by atoms with van der Waals surface area (Å²) in [4.78, 5) is 27.9. The van der Waals surface area contributed by atoms with E-state index in [0.717, 1.165) is 38.5 Å². The van der Waals surface area contributed by atoms with E-state index >= 15 is 0 Å². The molecule has 1 aromatic carbocycles. The largest absolute Gasteiger partial charge is 0.481 e. The molecule has 1 saturated heterocycles. The Balaban J connectivity index is 1.67. The van der Waals surface area contributed by atoms with Crippen LogP contribution in [0, 0.1) is 0 Å². The second-order valence-electron chi connectivity index (χ2n) is 5.95. The van der Waals surface area contributed by atoms with Crippen molar-refractivity contribution < 1.29 is 23.8 Å². The van der Waals surface area contributed by atoms with Gasteiger partial charge in [-0.25, -0.2) is 0 Å². The Hall–Kier alpha value is -2.16. The summed E-state index contributed by atoms with van der Waals surface area (Å²) in [5, 5.41) is 2.73. The number of fused-ring (bicyclic) bond motifs is 1. The third-order valence-electron chi connectivity index (χ3n) is 4.21. The van der Waals surface area contributed by atoms with Crippen LogP contribution >= 0.6 is 0 Å². The molecule has 0 spiro atoms. The number of nitrogens with zero attached hydrogens (tertiary/aromatic N) is 2. The summed E-state index contributed by atoms with van der Waals surface area (Å²) in [5.74, 6) is 0.298. The van der Waals surface area contributed by atoms with E-state index in [1.165, 1.54) is 7.11 Å². The summed E-state index contributed by atoms with van der Waals surface area (Å²) in [6.45, 7) is 4.63. The number of ether oxygens (including phenoxy) is 3. The highest BCUT2D eigenvalue weighted by Crippen LogP contribution is 2.34. The number of carbonyl (C=O) groups excluding carboxylic acids is 2. The number of rotatable bonds is 6. The van der Waals surface area contributed by atoms with Gasteiger partial charge in [0.2, 0.25) is 5.91 Å². The summed E-state index contributed by atoms with van der Waals surface area (Å²) < 4.78 is 15.7. The van der Waals surface area contributed by atoms with Crippen LogP contribution in [-0.4, -0.2) is 76.4 Å². The maximum atomic E-state index is 12.2. The van der Waals surface area contributed by atoms with E-state index < -0.39 is 0 Å². The fourth-order valence-electron chi connectivity index (χ4n) is 2.92. The zero-order chi connectivity index (χ0) is 17.6. The first-order chi connectivity index (χ1) is 12.2. The minimum Gasteiger partial charge on any atom is -0.481 e. The minimum atomic E-state index is -0.237. The number of hydrogen-bond donors (Lipinski definition) is 1. The molecule has 0 saturated carbocycles. The van der Waals surface area contributed by atoms with Crippen LogP contribution in [0.25, 0.3) is 0 Å². The van der Waals surface area contributed by atoms with Crippen molar-refractivity contribution in [2.75, 3.05) is 69.9 Å². The van der Waals surface area contributed by atoms with Crippen LogP contribution in [0.5, 0.6) is 5.75 Å². The van der Waals surface area contributed by atoms with E-state index in [-0.39, 0.29) is 25.0 Å². The maximum Gasteiger partial charge on any atom is 0.265 e. The van der Waals surface area contributed by atoms with Crippen LogP contribution in [-0.2, 0) is 19.1 Å². The number of hydrogen-bond acceptors (Lipinski definition) is 6. The molecule has 1 fully saturated rings. The molecule has 0 atom stereocenters. The highest BCUT2D eigenvalue weighted by atomic mass is 16.5. The van der Waals surface area contributed by atoms with Crippen LogP contribution in [0.3, 0.4) is 0 Å². The van der Waals surface area contributed by atoms with Crippen molar-refractivity contribution in [1.82, 2.24) is 4.90 Å². The van der Waals surface area contributed by atoms with Gasteiger partial charge in [-0.15, -0.1) is 0 Å². The molecule has 25 heavy (non-hydrogen) atoms. The molecular weight excluding hydrogens is 326 g/mol. The number of methoxy groups -OCH3 is 1. The monoisotopic (exact) mass is 349 g/mol. The molecule has 8 nitrogen and oxygen atoms in total. The van der Waals surface area contributed by atoms with Gasteiger partial charge in [0, 0.05) is 45.0 Å². The van der Waals surface area contributed by atoms with Crippen molar-refractivity contribution in [1.29, 1.82) is 0 Å². The molecule has 2 aliphatic heterocycles. The quantitative estimate of drug-likeness (QED) is 0.797. The first-order valence-electron chi connectivity index (χ1n) is 8.33. The number of anilines is 2. The lowest BCUT2D eigenvalue weighted by Crippen LogP contribution is -2.45. The van der Waals surface area contributed by atoms with Crippen molar-refractivity contribution in [3.05, 3.63) is 18.2 Å². The third kappa shape index (κ3) is 4.47. The Morgan fingerprint density at radius 2 is 2.08 bits per heavy atom. The molecule has 8 heteroatoms. The molecule has 0 unspecified atom stereocenters. The molecule has 1 N–H and O–H groups in total. The minimum absolute atomic E-state index is 0.00554. The van der Waals surface area contributed by atoms with E-state index in [0.29, 0.717) is 18.0 Å². The summed E-state index contributed by atoms with van der Waals surface area (Å²) in [6.07, 6.45) is 0. The van der Waals surface area contributed by atoms with Gasteiger partial charge >= 0.3 is 0 Å². The fourth-order valence-corrected chi connectivity index (χ4v) is 2.92. The van der Waals surface area contributed by atoms with E-state index in [1.807, 2.05) is 0 Å². The second-order valence-corrected chi connectivity index (χ2v) is 5.95. The summed E-state index contributed by atoms with van der Waals surface area (Å²) in [6, 6.07) is 5.29. The molecule has 136 valence electrons. The first kappa shape index (κ1) is 17.7. The zero-order valence-electron chi connectivity index (χ0n) is 14.3. The van der Waals surface area contributed by atoms with E-state index in [9.17, 15) is 9.59 Å². The molecule has 0 bridgehead atoms. The fraction of sp³-hybridized carbons (Fsp3) is 0.529. The van der Waals surface area contributed by atoms with E-state index in [2.05, 4.69) is 10.2 Å². The van der Waals surface area contributed by atoms with Gasteiger partial charge in [0.1, 0.15) is 12.4 Å². The van der Waals surface area contributed by atoms with Crippen LogP contribution in [0.4, 0.5) is 11.4 Å². The van der Waals surface area contributed by atoms with Gasteiger partial charge in [-0.1, -0.05) is 0 Å². The van der Waals surface area contributed by atoms with Crippen molar-refractivity contribution in [3.63, 3.8) is 0 Å². The third-order valence-corrected chi connectivity index (χ3v) is 4.21. The average Bonchev–Trinajstić information content (AvgIpc) is 2.62. The molecule has 2 heterocycles. The van der Waals surface area contributed by atoms with Gasteiger partial charge in [-0.05, 0) is 12.1 Å². The van der Waals surface area contributed by atoms with Crippen molar-refractivity contribution in [2.45, 2.75) is 0 Å². The van der Waals surface area contributed by atoms with Gasteiger partial charge in [0.05, 0.1) is 18.9 Å². The topological polar surface area (TPSA) is 80.3 Å². The van der Waals surface area contributed by atoms with Gasteiger partial charge in [0.25, 0.3) is 5.91 Å². The smallest absolute Gasteiger partial charge is 0.265 e. The predicted octanol–water partition coefficient (Wildman–Crippen LogP) is 0.329.